The van der Waals surface area contributed by atoms with E-state index in [2.05, 4.69) is 11.5 Å². The molecule has 0 saturated heterocycles. The van der Waals surface area contributed by atoms with Gasteiger partial charge in [-0.1, -0.05) is 0 Å². The van der Waals surface area contributed by atoms with Gasteiger partial charge in [0.25, 0.3) is 0 Å². The van der Waals surface area contributed by atoms with E-state index >= 15 is 0 Å². The first-order valence-electron chi connectivity index (χ1n) is 8.91. The maximum atomic E-state index is 6.52. The number of hydrogen-bond donors (Lipinski definition) is 2. The molecule has 0 rings (SSSR count). The molecule has 0 aromatic rings. The zero-order valence-electron chi connectivity index (χ0n) is 15.5. The molecule has 0 amide bonds. The molecule has 0 spiro atoms. The number of rotatable bonds is 16. The van der Waals surface area contributed by atoms with Crippen LogP contribution in [-0.2, 0) is 21.8 Å². The van der Waals surface area contributed by atoms with E-state index in [1.807, 2.05) is 27.7 Å². The first-order valence-corrected chi connectivity index (χ1v) is 12.8. The van der Waals surface area contributed by atoms with Crippen molar-refractivity contribution in [3.05, 3.63) is 0 Å². The van der Waals surface area contributed by atoms with E-state index in [1.165, 1.54) is 0 Å². The zero-order valence-corrected chi connectivity index (χ0v) is 17.5. The fourth-order valence-electron chi connectivity index (χ4n) is 2.39. The van der Waals surface area contributed by atoms with E-state index in [9.17, 15) is 0 Å². The van der Waals surface area contributed by atoms with Gasteiger partial charge in [-0.3, -0.25) is 0 Å². The minimum atomic E-state index is -2.83. The van der Waals surface area contributed by atoms with Crippen LogP contribution in [0.2, 0.25) is 12.1 Å². The van der Waals surface area contributed by atoms with Crippen LogP contribution in [0.3, 0.4) is 0 Å². The molecule has 0 aromatic carbocycles. The fourth-order valence-corrected chi connectivity index (χ4v) is 9.92. The summed E-state index contributed by atoms with van der Waals surface area (Å²) in [6, 6.07) is 1.49. The first-order chi connectivity index (χ1) is 11.1. The van der Waals surface area contributed by atoms with Crippen molar-refractivity contribution < 1.29 is 33.3 Å². The highest BCUT2D eigenvalue weighted by Crippen LogP contribution is 2.27. The van der Waals surface area contributed by atoms with Crippen molar-refractivity contribution in [2.75, 3.05) is 39.5 Å². The Kier molecular flexibility index (Phi) is 13.5. The molecule has 7 nitrogen and oxygen atoms in total. The maximum Gasteiger partial charge on any atom is 0.493 e. The smallest absolute Gasteiger partial charge is 0.374 e. The van der Waals surface area contributed by atoms with Crippen molar-refractivity contribution in [2.45, 2.75) is 52.6 Å². The van der Waals surface area contributed by atoms with Gasteiger partial charge in [0, 0.05) is 51.4 Å². The van der Waals surface area contributed by atoms with Crippen LogP contribution in [0.15, 0.2) is 0 Å². The molecule has 0 aliphatic rings. The highest BCUT2D eigenvalue weighted by molar-refractivity contribution is 6.75. The zero-order chi connectivity index (χ0) is 17.6. The van der Waals surface area contributed by atoms with Crippen LogP contribution < -0.4 is 11.5 Å². The molecule has 0 radical (unpaired) electrons. The van der Waals surface area contributed by atoms with E-state index in [4.69, 9.17) is 21.8 Å². The van der Waals surface area contributed by atoms with Gasteiger partial charge in [0.05, 0.1) is 13.1 Å². The second-order valence-electron chi connectivity index (χ2n) is 5.11. The van der Waals surface area contributed by atoms with Crippen LogP contribution in [0.25, 0.3) is 0 Å². The summed E-state index contributed by atoms with van der Waals surface area (Å²) in [6.45, 7) is 11.8. The second kappa shape index (κ2) is 13.4. The van der Waals surface area contributed by atoms with Gasteiger partial charge in [0.15, 0.2) is 0 Å². The monoisotopic (exact) mass is 370 g/mol. The summed E-state index contributed by atoms with van der Waals surface area (Å²) in [6.07, 6.45) is 1.81. The van der Waals surface area contributed by atoms with Gasteiger partial charge in [-0.25, -0.2) is 0 Å². The quantitative estimate of drug-likeness (QED) is 0.380. The second-order valence-corrected chi connectivity index (χ2v) is 10.8. The van der Waals surface area contributed by atoms with Crippen LogP contribution in [0, 0.1) is 0 Å². The summed E-state index contributed by atoms with van der Waals surface area (Å²) in [5, 5.41) is 0. The molecule has 0 bridgehead atoms. The van der Waals surface area contributed by atoms with Gasteiger partial charge in [-0.2, -0.15) is 0 Å². The lowest BCUT2D eigenvalue weighted by Gasteiger charge is -2.37. The van der Waals surface area contributed by atoms with E-state index < -0.39 is 17.6 Å². The van der Waals surface area contributed by atoms with Gasteiger partial charge in [-0.05, 0) is 27.7 Å². The lowest BCUT2D eigenvalue weighted by molar-refractivity contribution is -0.368. The van der Waals surface area contributed by atoms with Crippen LogP contribution in [0.1, 0.15) is 40.5 Å². The standard InChI is InChI=1S/C14H36N2O5Si2/c1-5-17-22(18-6-2,13-9-11-15)21-23(19-7-3,20-8-4)14-10-12-16/h5-16H2,1-4H3/p+2. The lowest BCUT2D eigenvalue weighted by atomic mass is 10.5. The third-order valence-electron chi connectivity index (χ3n) is 3.23. The molecule has 0 heterocycles. The first kappa shape index (κ1) is 23.2. The molecule has 23 heavy (non-hydrogen) atoms. The minimum absolute atomic E-state index is 0.557. The summed E-state index contributed by atoms with van der Waals surface area (Å²) in [7, 11) is -5.65. The summed E-state index contributed by atoms with van der Waals surface area (Å²) in [5.74, 6) is 0. The number of quaternary nitrogens is 2. The Morgan fingerprint density at radius 2 is 0.913 bits per heavy atom. The van der Waals surface area contributed by atoms with Crippen molar-refractivity contribution in [3.8, 4) is 0 Å². The largest absolute Gasteiger partial charge is 0.493 e. The molecule has 0 aliphatic heterocycles. The minimum Gasteiger partial charge on any atom is -0.374 e. The molecule has 0 saturated carbocycles. The van der Waals surface area contributed by atoms with Gasteiger partial charge in [0.1, 0.15) is 0 Å². The van der Waals surface area contributed by atoms with Crippen molar-refractivity contribution in [1.29, 1.82) is 0 Å². The highest BCUT2D eigenvalue weighted by atomic mass is 28.5. The van der Waals surface area contributed by atoms with Gasteiger partial charge < -0.3 is 33.3 Å². The lowest BCUT2D eigenvalue weighted by Crippen LogP contribution is -2.60. The van der Waals surface area contributed by atoms with Crippen molar-refractivity contribution >= 4 is 17.6 Å². The molecular formula is C14H38N2O5Si2+2. The molecule has 6 N–H and O–H groups in total. The van der Waals surface area contributed by atoms with E-state index in [1.54, 1.807) is 0 Å². The average Bonchev–Trinajstić information content (AvgIpc) is 2.52. The average molecular weight is 371 g/mol. The normalized spacial score (nSPS) is 12.8. The van der Waals surface area contributed by atoms with Crippen molar-refractivity contribution in [3.63, 3.8) is 0 Å². The Bertz CT molecular complexity index is 250. The summed E-state index contributed by atoms with van der Waals surface area (Å²) in [5.41, 5.74) is 7.85. The number of hydrogen-bond acceptors (Lipinski definition) is 5. The molecule has 9 heteroatoms. The Morgan fingerprint density at radius 1 is 0.609 bits per heavy atom. The Morgan fingerprint density at radius 3 is 1.13 bits per heavy atom. The molecule has 0 unspecified atom stereocenters. The van der Waals surface area contributed by atoms with E-state index in [0.717, 1.165) is 38.0 Å². The van der Waals surface area contributed by atoms with Crippen LogP contribution in [-0.4, -0.2) is 57.1 Å². The molecule has 0 fully saturated rings. The molecule has 0 aromatic heterocycles. The Balaban J connectivity index is 5.39. The highest BCUT2D eigenvalue weighted by Gasteiger charge is 2.53. The van der Waals surface area contributed by atoms with E-state index in [0.29, 0.717) is 26.4 Å². The predicted octanol–water partition coefficient (Wildman–Crippen LogP) is 0.291. The molecule has 0 aliphatic carbocycles. The summed E-state index contributed by atoms with van der Waals surface area (Å²) < 4.78 is 30.6. The van der Waals surface area contributed by atoms with Gasteiger partial charge in [0.2, 0.25) is 0 Å². The van der Waals surface area contributed by atoms with Gasteiger partial charge >= 0.3 is 17.6 Å². The van der Waals surface area contributed by atoms with Gasteiger partial charge in [-0.15, -0.1) is 0 Å². The molecular weight excluding hydrogens is 332 g/mol. The van der Waals surface area contributed by atoms with Crippen LogP contribution >= 0.6 is 0 Å². The Hall–Kier alpha value is 0.154. The Labute approximate surface area is 143 Å². The van der Waals surface area contributed by atoms with Crippen LogP contribution in [0.5, 0.6) is 0 Å². The molecule has 140 valence electrons. The predicted molar refractivity (Wildman–Crippen MR) is 93.5 cm³/mol. The third-order valence-corrected chi connectivity index (χ3v) is 10.6. The van der Waals surface area contributed by atoms with E-state index in [-0.39, 0.29) is 0 Å². The summed E-state index contributed by atoms with van der Waals surface area (Å²) >= 11 is 0. The van der Waals surface area contributed by atoms with Crippen molar-refractivity contribution in [2.24, 2.45) is 0 Å². The topological polar surface area (TPSA) is 101 Å². The van der Waals surface area contributed by atoms with Crippen molar-refractivity contribution in [1.82, 2.24) is 0 Å². The SMILES string of the molecule is CCO[Si](CCC[NH3+])(OCC)O[Si](CCC[NH3+])(OCC)OCC. The maximum absolute atomic E-state index is 6.52. The van der Waals surface area contributed by atoms with Crippen LogP contribution in [0.4, 0.5) is 0 Å². The fraction of sp³-hybridized carbons (Fsp3) is 1.00. The molecule has 0 atom stereocenters. The third kappa shape index (κ3) is 8.70. The summed E-state index contributed by atoms with van der Waals surface area (Å²) in [4.78, 5) is 0.